The Bertz CT molecular complexity index is 604. The van der Waals surface area contributed by atoms with Crippen LogP contribution in [0.4, 0.5) is 0 Å². The zero-order chi connectivity index (χ0) is 17.2. The topological polar surface area (TPSA) is 21.3 Å². The molecule has 0 aromatic heterocycles. The average Bonchev–Trinajstić information content (AvgIpc) is 3.17. The molecule has 25 heavy (non-hydrogen) atoms. The molecule has 2 heteroatoms. The van der Waals surface area contributed by atoms with Gasteiger partial charge in [-0.1, -0.05) is 55.0 Å². The average molecular weight is 338 g/mol. The van der Waals surface area contributed by atoms with Gasteiger partial charge in [-0.25, -0.2) is 0 Å². The maximum absolute atomic E-state index is 6.09. The molecule has 1 saturated heterocycles. The van der Waals surface area contributed by atoms with Gasteiger partial charge in [0.2, 0.25) is 0 Å². The molecule has 1 aliphatic heterocycles. The van der Waals surface area contributed by atoms with E-state index in [0.717, 1.165) is 25.2 Å². The van der Waals surface area contributed by atoms with Crippen LogP contribution in [0.5, 0.6) is 5.75 Å². The molecule has 134 valence electrons. The highest BCUT2D eigenvalue weighted by Crippen LogP contribution is 2.21. The van der Waals surface area contributed by atoms with E-state index >= 15 is 0 Å². The van der Waals surface area contributed by atoms with Crippen LogP contribution in [-0.4, -0.2) is 19.2 Å². The highest BCUT2D eigenvalue weighted by atomic mass is 16.5. The van der Waals surface area contributed by atoms with Gasteiger partial charge >= 0.3 is 0 Å². The Kier molecular flexibility index (Phi) is 7.38. The van der Waals surface area contributed by atoms with E-state index in [1.54, 1.807) is 0 Å². The van der Waals surface area contributed by atoms with E-state index in [2.05, 4.69) is 59.9 Å². The Labute approximate surface area is 152 Å². The maximum atomic E-state index is 6.09. The molecule has 3 rings (SSSR count). The van der Waals surface area contributed by atoms with Crippen LogP contribution in [0.25, 0.3) is 0 Å². The van der Waals surface area contributed by atoms with Crippen LogP contribution in [0.1, 0.15) is 49.7 Å². The van der Waals surface area contributed by atoms with Gasteiger partial charge in [-0.05, 0) is 68.7 Å². The summed E-state index contributed by atoms with van der Waals surface area (Å²) >= 11 is 0. The molecule has 0 radical (unpaired) electrons. The standard InChI is InChI=1S/C23H31NO/c1-3-10-20(11-4-1)12-5-2-6-13-21-14-7-8-16-23(21)25-19-17-22-15-9-18-24-22/h1,3-4,7-8,10-11,14,16,22,24H,2,5-6,9,12-13,15,17-19H2. The number of ether oxygens (including phenoxy) is 1. The molecule has 2 nitrogen and oxygen atoms in total. The van der Waals surface area contributed by atoms with E-state index in [-0.39, 0.29) is 0 Å². The molecule has 0 aliphatic carbocycles. The number of hydrogen-bond acceptors (Lipinski definition) is 2. The summed E-state index contributed by atoms with van der Waals surface area (Å²) in [7, 11) is 0. The Morgan fingerprint density at radius 1 is 0.880 bits per heavy atom. The lowest BCUT2D eigenvalue weighted by Crippen LogP contribution is -2.23. The fourth-order valence-corrected chi connectivity index (χ4v) is 3.63. The number of aryl methyl sites for hydroxylation is 2. The summed E-state index contributed by atoms with van der Waals surface area (Å²) in [4.78, 5) is 0. The van der Waals surface area contributed by atoms with Crippen molar-refractivity contribution >= 4 is 0 Å². The van der Waals surface area contributed by atoms with Crippen molar-refractivity contribution in [2.45, 2.75) is 57.4 Å². The Hall–Kier alpha value is -1.80. The van der Waals surface area contributed by atoms with Gasteiger partial charge in [0.25, 0.3) is 0 Å². The molecule has 1 fully saturated rings. The lowest BCUT2D eigenvalue weighted by Gasteiger charge is -2.14. The molecule has 1 unspecified atom stereocenters. The second-order valence-electron chi connectivity index (χ2n) is 7.08. The van der Waals surface area contributed by atoms with Crippen LogP contribution in [0.2, 0.25) is 0 Å². The summed E-state index contributed by atoms with van der Waals surface area (Å²) in [5.74, 6) is 1.09. The SMILES string of the molecule is c1ccc(CCCCCc2ccccc2OCCC2CCCN2)cc1. The zero-order valence-electron chi connectivity index (χ0n) is 15.3. The van der Waals surface area contributed by atoms with Crippen molar-refractivity contribution in [2.24, 2.45) is 0 Å². The summed E-state index contributed by atoms with van der Waals surface area (Å²) < 4.78 is 6.09. The summed E-state index contributed by atoms with van der Waals surface area (Å²) in [5, 5.41) is 3.54. The normalized spacial score (nSPS) is 16.9. The summed E-state index contributed by atoms with van der Waals surface area (Å²) in [6.07, 6.45) is 9.80. The van der Waals surface area contributed by atoms with Crippen molar-refractivity contribution in [3.8, 4) is 5.75 Å². The Morgan fingerprint density at radius 3 is 2.52 bits per heavy atom. The van der Waals surface area contributed by atoms with Crippen molar-refractivity contribution in [1.29, 1.82) is 0 Å². The van der Waals surface area contributed by atoms with Gasteiger partial charge in [-0.2, -0.15) is 0 Å². The number of nitrogens with one attached hydrogen (secondary N) is 1. The smallest absolute Gasteiger partial charge is 0.122 e. The molecule has 0 spiro atoms. The minimum atomic E-state index is 0.658. The van der Waals surface area contributed by atoms with Crippen LogP contribution in [-0.2, 0) is 12.8 Å². The van der Waals surface area contributed by atoms with E-state index in [1.165, 1.54) is 56.2 Å². The molecule has 1 atom stereocenters. The van der Waals surface area contributed by atoms with Crippen molar-refractivity contribution in [1.82, 2.24) is 5.32 Å². The second-order valence-corrected chi connectivity index (χ2v) is 7.08. The van der Waals surface area contributed by atoms with Crippen molar-refractivity contribution < 1.29 is 4.74 Å². The third-order valence-corrected chi connectivity index (χ3v) is 5.11. The second kappa shape index (κ2) is 10.2. The van der Waals surface area contributed by atoms with Gasteiger partial charge in [0, 0.05) is 6.04 Å². The first kappa shape index (κ1) is 18.0. The third-order valence-electron chi connectivity index (χ3n) is 5.11. The first-order chi connectivity index (χ1) is 12.4. The third kappa shape index (κ3) is 6.21. The largest absolute Gasteiger partial charge is 0.493 e. The molecule has 2 aromatic carbocycles. The van der Waals surface area contributed by atoms with Gasteiger partial charge in [-0.3, -0.25) is 0 Å². The van der Waals surface area contributed by atoms with Gasteiger partial charge in [0.05, 0.1) is 6.61 Å². The number of para-hydroxylation sites is 1. The van der Waals surface area contributed by atoms with Crippen LogP contribution in [0, 0.1) is 0 Å². The van der Waals surface area contributed by atoms with Gasteiger partial charge < -0.3 is 10.1 Å². The van der Waals surface area contributed by atoms with Crippen LogP contribution in [0.15, 0.2) is 54.6 Å². The number of rotatable bonds is 10. The van der Waals surface area contributed by atoms with E-state index in [1.807, 2.05) is 0 Å². The van der Waals surface area contributed by atoms with E-state index in [9.17, 15) is 0 Å². The van der Waals surface area contributed by atoms with Gasteiger partial charge in [-0.15, -0.1) is 0 Å². The summed E-state index contributed by atoms with van der Waals surface area (Å²) in [6.45, 7) is 1.99. The summed E-state index contributed by atoms with van der Waals surface area (Å²) in [5.41, 5.74) is 2.81. The lowest BCUT2D eigenvalue weighted by atomic mass is 10.0. The minimum absolute atomic E-state index is 0.658. The summed E-state index contributed by atoms with van der Waals surface area (Å²) in [6, 6.07) is 20.0. The fraction of sp³-hybridized carbons (Fsp3) is 0.478. The Balaban J connectivity index is 1.36. The zero-order valence-corrected chi connectivity index (χ0v) is 15.3. The molecule has 1 heterocycles. The monoisotopic (exact) mass is 337 g/mol. The molecule has 0 bridgehead atoms. The molecule has 1 aliphatic rings. The lowest BCUT2D eigenvalue weighted by molar-refractivity contribution is 0.289. The molecule has 0 saturated carbocycles. The highest BCUT2D eigenvalue weighted by molar-refractivity contribution is 5.33. The Morgan fingerprint density at radius 2 is 1.68 bits per heavy atom. The molecule has 0 amide bonds. The van der Waals surface area contributed by atoms with Crippen LogP contribution in [0.3, 0.4) is 0 Å². The predicted molar refractivity (Wildman–Crippen MR) is 105 cm³/mol. The number of benzene rings is 2. The van der Waals surface area contributed by atoms with Gasteiger partial charge in [0.1, 0.15) is 5.75 Å². The quantitative estimate of drug-likeness (QED) is 0.604. The van der Waals surface area contributed by atoms with E-state index in [0.29, 0.717) is 6.04 Å². The fourth-order valence-electron chi connectivity index (χ4n) is 3.63. The van der Waals surface area contributed by atoms with Gasteiger partial charge in [0.15, 0.2) is 0 Å². The maximum Gasteiger partial charge on any atom is 0.122 e. The van der Waals surface area contributed by atoms with Crippen molar-refractivity contribution in [3.05, 3.63) is 65.7 Å². The number of unbranched alkanes of at least 4 members (excludes halogenated alkanes) is 2. The molecule has 1 N–H and O–H groups in total. The van der Waals surface area contributed by atoms with Crippen LogP contribution >= 0.6 is 0 Å². The van der Waals surface area contributed by atoms with Crippen molar-refractivity contribution in [2.75, 3.05) is 13.2 Å². The molecule has 2 aromatic rings. The first-order valence-corrected chi connectivity index (χ1v) is 9.90. The predicted octanol–water partition coefficient (Wildman–Crippen LogP) is 5.16. The minimum Gasteiger partial charge on any atom is -0.493 e. The van der Waals surface area contributed by atoms with Crippen molar-refractivity contribution in [3.63, 3.8) is 0 Å². The highest BCUT2D eigenvalue weighted by Gasteiger charge is 2.13. The molecular weight excluding hydrogens is 306 g/mol. The van der Waals surface area contributed by atoms with Crippen LogP contribution < -0.4 is 10.1 Å². The molecular formula is C23H31NO. The first-order valence-electron chi connectivity index (χ1n) is 9.90. The van der Waals surface area contributed by atoms with E-state index in [4.69, 9.17) is 4.74 Å². The number of hydrogen-bond donors (Lipinski definition) is 1. The van der Waals surface area contributed by atoms with E-state index < -0.39 is 0 Å².